The Kier molecular flexibility index (Phi) is 4.86. The largest absolute Gasteiger partial charge is 0.324 e. The van der Waals surface area contributed by atoms with Gasteiger partial charge in [-0.2, -0.15) is 5.10 Å². The van der Waals surface area contributed by atoms with Gasteiger partial charge in [-0.05, 0) is 38.3 Å². The first-order valence-electron chi connectivity index (χ1n) is 9.70. The monoisotopic (exact) mass is 382 g/mol. The molecule has 2 heterocycles. The maximum Gasteiger partial charge on any atom is 0.250 e. The minimum Gasteiger partial charge on any atom is -0.324 e. The Bertz CT molecular complexity index is 918. The Morgan fingerprint density at radius 1 is 1.21 bits per heavy atom. The van der Waals surface area contributed by atoms with Gasteiger partial charge in [-0.25, -0.2) is 0 Å². The summed E-state index contributed by atoms with van der Waals surface area (Å²) in [6.45, 7) is 12.0. The van der Waals surface area contributed by atoms with Crippen LogP contribution in [0.15, 0.2) is 24.3 Å². The van der Waals surface area contributed by atoms with E-state index in [1.54, 1.807) is 9.58 Å². The Morgan fingerprint density at radius 3 is 2.36 bits per heavy atom. The molecule has 2 amide bonds. The standard InChI is InChI=1S/C22H30N4O2/c1-14-9-8-10-15(2)19(14)23-20(28)22(6)12-11-18(27)26(22)17-13-16(21(3,4)5)24-25(17)7/h8-10,13H,11-12H2,1-7H3,(H,23,28). The Labute approximate surface area is 166 Å². The van der Waals surface area contributed by atoms with E-state index in [1.165, 1.54) is 0 Å². The van der Waals surface area contributed by atoms with Crippen LogP contribution in [0.4, 0.5) is 11.5 Å². The van der Waals surface area contributed by atoms with Crippen LogP contribution in [0, 0.1) is 13.8 Å². The molecule has 1 unspecified atom stereocenters. The number of benzene rings is 1. The highest BCUT2D eigenvalue weighted by molar-refractivity contribution is 6.10. The van der Waals surface area contributed by atoms with Gasteiger partial charge in [-0.3, -0.25) is 19.2 Å². The molecule has 0 radical (unpaired) electrons. The lowest BCUT2D eigenvalue weighted by Crippen LogP contribution is -2.53. The van der Waals surface area contributed by atoms with Crippen LogP contribution in [0.25, 0.3) is 0 Å². The van der Waals surface area contributed by atoms with Crippen LogP contribution in [-0.2, 0) is 22.1 Å². The van der Waals surface area contributed by atoms with E-state index < -0.39 is 5.54 Å². The molecule has 150 valence electrons. The van der Waals surface area contributed by atoms with Gasteiger partial charge in [0.05, 0.1) is 5.69 Å². The quantitative estimate of drug-likeness (QED) is 0.876. The summed E-state index contributed by atoms with van der Waals surface area (Å²) in [5, 5.41) is 7.66. The lowest BCUT2D eigenvalue weighted by Gasteiger charge is -2.34. The summed E-state index contributed by atoms with van der Waals surface area (Å²) in [7, 11) is 1.82. The molecule has 1 aliphatic heterocycles. The van der Waals surface area contributed by atoms with E-state index in [1.807, 2.05) is 52.1 Å². The molecule has 1 atom stereocenters. The molecule has 0 saturated carbocycles. The number of carbonyl (C=O) groups excluding carboxylic acids is 2. The lowest BCUT2D eigenvalue weighted by atomic mass is 9.92. The van der Waals surface area contributed by atoms with Crippen molar-refractivity contribution >= 4 is 23.3 Å². The number of hydrogen-bond donors (Lipinski definition) is 1. The molecule has 0 bridgehead atoms. The summed E-state index contributed by atoms with van der Waals surface area (Å²) >= 11 is 0. The first-order valence-corrected chi connectivity index (χ1v) is 9.70. The van der Waals surface area contributed by atoms with Crippen molar-refractivity contribution in [1.29, 1.82) is 0 Å². The molecule has 2 aromatic rings. The summed E-state index contributed by atoms with van der Waals surface area (Å²) in [6, 6.07) is 7.84. The fourth-order valence-corrected chi connectivity index (χ4v) is 3.74. The fourth-order valence-electron chi connectivity index (χ4n) is 3.74. The molecular weight excluding hydrogens is 352 g/mol. The molecule has 0 spiro atoms. The summed E-state index contributed by atoms with van der Waals surface area (Å²) in [4.78, 5) is 27.8. The first kappa shape index (κ1) is 20.1. The Hall–Kier alpha value is -2.63. The summed E-state index contributed by atoms with van der Waals surface area (Å²) in [6.07, 6.45) is 0.811. The molecule has 3 rings (SSSR count). The number of carbonyl (C=O) groups is 2. The predicted octanol–water partition coefficient (Wildman–Crippen LogP) is 3.86. The highest BCUT2D eigenvalue weighted by Gasteiger charge is 2.49. The molecule has 1 N–H and O–H groups in total. The van der Waals surface area contributed by atoms with E-state index in [-0.39, 0.29) is 17.2 Å². The zero-order valence-corrected chi connectivity index (χ0v) is 17.9. The number of amides is 2. The number of aryl methyl sites for hydroxylation is 3. The van der Waals surface area contributed by atoms with Crippen molar-refractivity contribution < 1.29 is 9.59 Å². The van der Waals surface area contributed by atoms with E-state index in [0.29, 0.717) is 18.7 Å². The molecule has 1 saturated heterocycles. The average Bonchev–Trinajstić information content (AvgIpc) is 3.11. The number of nitrogens with one attached hydrogen (secondary N) is 1. The second-order valence-electron chi connectivity index (χ2n) is 8.99. The second-order valence-corrected chi connectivity index (χ2v) is 8.99. The molecule has 1 aromatic heterocycles. The molecule has 28 heavy (non-hydrogen) atoms. The number of aromatic nitrogens is 2. The van der Waals surface area contributed by atoms with E-state index in [4.69, 9.17) is 0 Å². The van der Waals surface area contributed by atoms with Crippen molar-refractivity contribution in [3.63, 3.8) is 0 Å². The zero-order chi connectivity index (χ0) is 20.9. The number of rotatable bonds is 3. The topological polar surface area (TPSA) is 67.2 Å². The van der Waals surface area contributed by atoms with Crippen LogP contribution in [0.1, 0.15) is 57.4 Å². The first-order chi connectivity index (χ1) is 12.9. The number of hydrogen-bond acceptors (Lipinski definition) is 3. The van der Waals surface area contributed by atoms with Gasteiger partial charge in [0.2, 0.25) is 5.91 Å². The zero-order valence-electron chi connectivity index (χ0n) is 17.9. The van der Waals surface area contributed by atoms with Gasteiger partial charge in [-0.1, -0.05) is 39.0 Å². The van der Waals surface area contributed by atoms with Gasteiger partial charge in [-0.15, -0.1) is 0 Å². The van der Waals surface area contributed by atoms with Gasteiger partial charge in [0.1, 0.15) is 11.4 Å². The highest BCUT2D eigenvalue weighted by atomic mass is 16.2. The van der Waals surface area contributed by atoms with Gasteiger partial charge in [0.15, 0.2) is 0 Å². The van der Waals surface area contributed by atoms with Crippen LogP contribution in [-0.4, -0.2) is 27.1 Å². The van der Waals surface area contributed by atoms with Gasteiger partial charge < -0.3 is 5.32 Å². The van der Waals surface area contributed by atoms with Crippen molar-refractivity contribution in [2.45, 2.75) is 65.3 Å². The van der Waals surface area contributed by atoms with E-state index in [0.717, 1.165) is 22.5 Å². The second kappa shape index (κ2) is 6.76. The SMILES string of the molecule is Cc1cccc(C)c1NC(=O)C1(C)CCC(=O)N1c1cc(C(C)(C)C)nn1C. The minimum atomic E-state index is -0.964. The summed E-state index contributed by atoms with van der Waals surface area (Å²) < 4.78 is 1.70. The minimum absolute atomic E-state index is 0.0531. The van der Waals surface area contributed by atoms with Crippen LogP contribution >= 0.6 is 0 Å². The third kappa shape index (κ3) is 3.32. The molecule has 0 aliphatic carbocycles. The summed E-state index contributed by atoms with van der Waals surface area (Å²) in [5.41, 5.74) is 2.60. The third-order valence-corrected chi connectivity index (χ3v) is 5.63. The van der Waals surface area contributed by atoms with Crippen molar-refractivity contribution in [2.75, 3.05) is 10.2 Å². The van der Waals surface area contributed by atoms with E-state index >= 15 is 0 Å². The van der Waals surface area contributed by atoms with Crippen molar-refractivity contribution in [1.82, 2.24) is 9.78 Å². The normalized spacial score (nSPS) is 20.0. The summed E-state index contributed by atoms with van der Waals surface area (Å²) in [5.74, 6) is 0.434. The predicted molar refractivity (Wildman–Crippen MR) is 112 cm³/mol. The van der Waals surface area contributed by atoms with E-state index in [2.05, 4.69) is 31.2 Å². The average molecular weight is 383 g/mol. The van der Waals surface area contributed by atoms with Crippen molar-refractivity contribution in [3.05, 3.63) is 41.1 Å². The molecule has 1 aromatic carbocycles. The lowest BCUT2D eigenvalue weighted by molar-refractivity contribution is -0.123. The smallest absolute Gasteiger partial charge is 0.250 e. The molecule has 6 nitrogen and oxygen atoms in total. The van der Waals surface area contributed by atoms with Crippen molar-refractivity contribution in [3.8, 4) is 0 Å². The molecule has 6 heteroatoms. The number of anilines is 2. The van der Waals surface area contributed by atoms with Gasteiger partial charge in [0, 0.05) is 30.6 Å². The maximum atomic E-state index is 13.4. The van der Waals surface area contributed by atoms with Crippen LogP contribution < -0.4 is 10.2 Å². The molecule has 1 fully saturated rings. The third-order valence-electron chi connectivity index (χ3n) is 5.63. The Morgan fingerprint density at radius 2 is 1.82 bits per heavy atom. The molecular formula is C22H30N4O2. The van der Waals surface area contributed by atoms with E-state index in [9.17, 15) is 9.59 Å². The highest BCUT2D eigenvalue weighted by Crippen LogP contribution is 2.38. The van der Waals surface area contributed by atoms with Crippen LogP contribution in [0.5, 0.6) is 0 Å². The van der Waals surface area contributed by atoms with Crippen molar-refractivity contribution in [2.24, 2.45) is 7.05 Å². The number of para-hydroxylation sites is 1. The molecule has 1 aliphatic rings. The maximum absolute atomic E-state index is 13.4. The Balaban J connectivity index is 1.99. The number of nitrogens with zero attached hydrogens (tertiary/aromatic N) is 3. The van der Waals surface area contributed by atoms with Crippen LogP contribution in [0.2, 0.25) is 0 Å². The van der Waals surface area contributed by atoms with Gasteiger partial charge >= 0.3 is 0 Å². The fraction of sp³-hybridized carbons (Fsp3) is 0.500. The van der Waals surface area contributed by atoms with Gasteiger partial charge in [0.25, 0.3) is 5.91 Å². The van der Waals surface area contributed by atoms with Crippen LogP contribution in [0.3, 0.4) is 0 Å².